The van der Waals surface area contributed by atoms with Gasteiger partial charge < -0.3 is 4.57 Å². The second-order valence-corrected chi connectivity index (χ2v) is 17.0. The summed E-state index contributed by atoms with van der Waals surface area (Å²) in [6.45, 7) is 2.15. The van der Waals surface area contributed by atoms with Crippen molar-refractivity contribution in [2.75, 3.05) is 0 Å². The normalized spacial score (nSPS) is 12.9. The van der Waals surface area contributed by atoms with Gasteiger partial charge in [0.1, 0.15) is 13.9 Å². The van der Waals surface area contributed by atoms with Gasteiger partial charge in [0.15, 0.2) is 17.4 Å². The molecular formula is C46H37N4PtSi-. The molecule has 0 unspecified atom stereocenters. The maximum Gasteiger partial charge on any atom is 0.188 e. The predicted octanol–water partition coefficient (Wildman–Crippen LogP) is 8.07. The molecule has 0 fully saturated rings. The van der Waals surface area contributed by atoms with Gasteiger partial charge in [0.05, 0.1) is 6.04 Å². The minimum Gasteiger partial charge on any atom is -0.319 e. The molecule has 0 radical (unpaired) electrons. The molecule has 0 bridgehead atoms. The van der Waals surface area contributed by atoms with E-state index < -0.39 is 14.9 Å². The summed E-state index contributed by atoms with van der Waals surface area (Å²) >= 11 is 0. The SMILES string of the molecule is [2H]C([2H])([2H])c1ccnc(-n2c3[c-]c([Si](c4[c-]c(-n5[cH+]n(C(C)C)c6ccccc65)ccc4)(c4ccccc4)c4ccccc4)ccc3c3ccccc32)c1.[Pt]. The fraction of sp³-hybridized carbons (Fsp3) is 0.0870. The van der Waals surface area contributed by atoms with Crippen molar-refractivity contribution >= 4 is 61.7 Å². The Kier molecular flexibility index (Phi) is 7.95. The van der Waals surface area contributed by atoms with Crippen LogP contribution in [-0.4, -0.2) is 26.8 Å². The van der Waals surface area contributed by atoms with Crippen molar-refractivity contribution < 1.29 is 25.2 Å². The van der Waals surface area contributed by atoms with Gasteiger partial charge in [0.2, 0.25) is 0 Å². The molecule has 9 aromatic rings. The number of nitrogens with zero attached hydrogens (tertiary/aromatic N) is 4. The van der Waals surface area contributed by atoms with Gasteiger partial charge in [0, 0.05) is 54.7 Å². The Bertz CT molecular complexity index is 2770. The summed E-state index contributed by atoms with van der Waals surface area (Å²) in [4.78, 5) is 4.74. The summed E-state index contributed by atoms with van der Waals surface area (Å²) in [5.41, 5.74) is 5.29. The molecule has 3 heterocycles. The number of fused-ring (bicyclic) bond motifs is 4. The molecule has 0 aliphatic heterocycles. The summed E-state index contributed by atoms with van der Waals surface area (Å²) in [5.74, 6) is 0.543. The summed E-state index contributed by atoms with van der Waals surface area (Å²) in [6.07, 6.45) is 3.78. The van der Waals surface area contributed by atoms with Crippen molar-refractivity contribution in [3.8, 4) is 11.5 Å². The third-order valence-electron chi connectivity index (χ3n) is 10.0. The molecule has 0 atom stereocenters. The Balaban J connectivity index is 0.00000427. The largest absolute Gasteiger partial charge is 0.319 e. The van der Waals surface area contributed by atoms with Crippen LogP contribution in [0.15, 0.2) is 164 Å². The second kappa shape index (κ2) is 13.6. The number of hydrogen-bond acceptors (Lipinski definition) is 1. The summed E-state index contributed by atoms with van der Waals surface area (Å²) in [6, 6.07) is 60.8. The van der Waals surface area contributed by atoms with E-state index in [0.29, 0.717) is 5.82 Å². The van der Waals surface area contributed by atoms with E-state index in [2.05, 4.69) is 173 Å². The van der Waals surface area contributed by atoms with E-state index in [0.717, 1.165) is 43.4 Å². The van der Waals surface area contributed by atoms with Crippen LogP contribution in [0.25, 0.3) is 44.3 Å². The third-order valence-corrected chi connectivity index (χ3v) is 14.6. The van der Waals surface area contributed by atoms with Crippen molar-refractivity contribution in [2.45, 2.75) is 26.7 Å². The Morgan fingerprint density at radius 3 is 2.02 bits per heavy atom. The molecule has 0 spiro atoms. The number of para-hydroxylation sites is 3. The van der Waals surface area contributed by atoms with Crippen molar-refractivity contribution in [1.82, 2.24) is 18.7 Å². The first-order valence-corrected chi connectivity index (χ1v) is 19.3. The van der Waals surface area contributed by atoms with E-state index in [1.54, 1.807) is 18.3 Å². The molecule has 0 N–H and O–H groups in total. The molecular weight excluding hydrogens is 832 g/mol. The van der Waals surface area contributed by atoms with E-state index in [1.165, 1.54) is 15.9 Å². The Morgan fingerprint density at radius 2 is 1.31 bits per heavy atom. The van der Waals surface area contributed by atoms with Gasteiger partial charge in [-0.15, -0.1) is 22.7 Å². The first-order valence-electron chi connectivity index (χ1n) is 18.8. The van der Waals surface area contributed by atoms with Crippen LogP contribution in [0.4, 0.5) is 0 Å². The molecule has 0 amide bonds. The van der Waals surface area contributed by atoms with Gasteiger partial charge in [-0.25, -0.2) is 14.1 Å². The van der Waals surface area contributed by atoms with Crippen LogP contribution in [0, 0.1) is 19.0 Å². The maximum atomic E-state index is 8.16. The van der Waals surface area contributed by atoms with E-state index in [-0.39, 0.29) is 32.7 Å². The average Bonchev–Trinajstić information content (AvgIpc) is 3.76. The molecule has 9 rings (SSSR count). The number of benzene rings is 6. The number of pyridine rings is 1. The van der Waals surface area contributed by atoms with Gasteiger partial charge in [0.25, 0.3) is 0 Å². The van der Waals surface area contributed by atoms with Gasteiger partial charge in [-0.05, 0) is 72.4 Å². The van der Waals surface area contributed by atoms with Gasteiger partial charge in [-0.2, -0.15) is 35.5 Å². The minimum atomic E-state index is -3.13. The van der Waals surface area contributed by atoms with Crippen molar-refractivity contribution in [3.05, 3.63) is 182 Å². The number of hydrogen-bond donors (Lipinski definition) is 0. The zero-order chi connectivity index (χ0) is 37.0. The first kappa shape index (κ1) is 30.3. The summed E-state index contributed by atoms with van der Waals surface area (Å²) < 4.78 is 31.1. The number of aromatic nitrogens is 4. The molecule has 0 aliphatic rings. The Morgan fingerprint density at radius 1 is 0.654 bits per heavy atom. The average molecular weight is 872 g/mol. The zero-order valence-electron chi connectivity index (χ0n) is 31.8. The van der Waals surface area contributed by atoms with Crippen LogP contribution in [0.1, 0.15) is 29.6 Å². The minimum absolute atomic E-state index is 0. The second-order valence-electron chi connectivity index (χ2n) is 13.3. The van der Waals surface area contributed by atoms with E-state index >= 15 is 0 Å². The van der Waals surface area contributed by atoms with E-state index in [1.807, 2.05) is 12.1 Å². The maximum absolute atomic E-state index is 8.16. The molecule has 0 saturated carbocycles. The number of rotatable bonds is 7. The zero-order valence-corrected chi connectivity index (χ0v) is 32.0. The topological polar surface area (TPSA) is 27.7 Å². The van der Waals surface area contributed by atoms with Gasteiger partial charge in [-0.1, -0.05) is 84.4 Å². The molecule has 0 aliphatic carbocycles. The van der Waals surface area contributed by atoms with Crippen LogP contribution in [0.3, 0.4) is 0 Å². The molecule has 0 saturated heterocycles. The standard InChI is InChI=1S/C46H37N4Si.Pt/c1-33(2)48-32-49(44-24-13-12-23-43(44)48)35-15-14-20-38(30-35)51(36-16-6-4-7-17-36,37-18-8-5-9-19-37)39-25-26-41-40-21-10-11-22-42(40)50(45(41)31-39)46-29-34(3)27-28-47-46;/h4-29,32-33H,1-3H3;/q-1;/i3D3;. The molecule has 52 heavy (non-hydrogen) atoms. The van der Waals surface area contributed by atoms with E-state index in [9.17, 15) is 0 Å². The monoisotopic (exact) mass is 871 g/mol. The quantitative estimate of drug-likeness (QED) is 0.0906. The van der Waals surface area contributed by atoms with Crippen LogP contribution in [-0.2, 0) is 21.1 Å². The molecule has 256 valence electrons. The van der Waals surface area contributed by atoms with E-state index in [4.69, 9.17) is 9.10 Å². The van der Waals surface area contributed by atoms with Crippen molar-refractivity contribution in [1.29, 1.82) is 0 Å². The number of aryl methyl sites for hydroxylation is 1. The molecule has 3 aromatic heterocycles. The predicted molar refractivity (Wildman–Crippen MR) is 214 cm³/mol. The molecule has 4 nitrogen and oxygen atoms in total. The van der Waals surface area contributed by atoms with Crippen LogP contribution >= 0.6 is 0 Å². The summed E-state index contributed by atoms with van der Waals surface area (Å²) in [7, 11) is -3.13. The number of imidazole rings is 1. The first-order chi connectivity index (χ1) is 26.2. The van der Waals surface area contributed by atoms with Gasteiger partial charge >= 0.3 is 0 Å². The van der Waals surface area contributed by atoms with Crippen LogP contribution < -0.4 is 20.7 Å². The Labute approximate surface area is 324 Å². The third kappa shape index (κ3) is 5.39. The smallest absolute Gasteiger partial charge is 0.188 e. The van der Waals surface area contributed by atoms with Crippen molar-refractivity contribution in [3.63, 3.8) is 0 Å². The Hall–Kier alpha value is -5.35. The fourth-order valence-corrected chi connectivity index (χ4v) is 12.3. The van der Waals surface area contributed by atoms with Gasteiger partial charge in [-0.3, -0.25) is 0 Å². The van der Waals surface area contributed by atoms with Crippen LogP contribution in [0.2, 0.25) is 0 Å². The molecule has 6 heteroatoms. The van der Waals surface area contributed by atoms with Crippen molar-refractivity contribution in [2.24, 2.45) is 0 Å². The fourth-order valence-electron chi connectivity index (χ4n) is 7.75. The van der Waals surface area contributed by atoms with Crippen LogP contribution in [0.5, 0.6) is 0 Å². The summed E-state index contributed by atoms with van der Waals surface area (Å²) in [5, 5.41) is 6.65. The molecule has 6 aromatic carbocycles.